The molecule has 0 aromatic heterocycles. The summed E-state index contributed by atoms with van der Waals surface area (Å²) in [6, 6.07) is -0.258. The van der Waals surface area contributed by atoms with Crippen LogP contribution >= 0.6 is 0 Å². The minimum Gasteiger partial charge on any atom is -0.335 e. The summed E-state index contributed by atoms with van der Waals surface area (Å²) in [6.07, 6.45) is 8.65. The van der Waals surface area contributed by atoms with Crippen LogP contribution in [0, 0.1) is 11.8 Å². The Hall–Kier alpha value is -1.10. The van der Waals surface area contributed by atoms with Crippen molar-refractivity contribution in [2.45, 2.75) is 64.0 Å². The van der Waals surface area contributed by atoms with Gasteiger partial charge in [0.25, 0.3) is 0 Å². The molecule has 0 aromatic carbocycles. The van der Waals surface area contributed by atoms with E-state index in [0.717, 1.165) is 37.8 Å². The average molecular weight is 293 g/mol. The second kappa shape index (κ2) is 6.34. The van der Waals surface area contributed by atoms with E-state index in [1.165, 1.54) is 32.1 Å². The van der Waals surface area contributed by atoms with E-state index in [4.69, 9.17) is 0 Å². The Morgan fingerprint density at radius 3 is 2.48 bits per heavy atom. The highest BCUT2D eigenvalue weighted by molar-refractivity contribution is 5.97. The number of likely N-dealkylation sites (tertiary alicyclic amines) is 1. The Morgan fingerprint density at radius 2 is 1.76 bits per heavy atom. The Labute approximate surface area is 126 Å². The third kappa shape index (κ3) is 3.76. The molecule has 2 aliphatic carbocycles. The molecule has 0 bridgehead atoms. The summed E-state index contributed by atoms with van der Waals surface area (Å²) >= 11 is 0. The van der Waals surface area contributed by atoms with E-state index in [1.807, 2.05) is 6.92 Å². The van der Waals surface area contributed by atoms with Crippen molar-refractivity contribution in [3.05, 3.63) is 0 Å². The molecule has 3 amide bonds. The molecule has 3 aliphatic rings. The predicted molar refractivity (Wildman–Crippen MR) is 80.8 cm³/mol. The first-order chi connectivity index (χ1) is 10.1. The second-order valence-corrected chi connectivity index (χ2v) is 7.00. The van der Waals surface area contributed by atoms with Crippen LogP contribution in [0.2, 0.25) is 0 Å². The second-order valence-electron chi connectivity index (χ2n) is 7.00. The van der Waals surface area contributed by atoms with Crippen LogP contribution in [0.4, 0.5) is 4.79 Å². The average Bonchev–Trinajstić information content (AvgIpc) is 3.29. The maximum Gasteiger partial charge on any atom is 0.321 e. The van der Waals surface area contributed by atoms with Gasteiger partial charge in [-0.05, 0) is 51.0 Å². The molecular formula is C16H27N3O2. The number of urea groups is 1. The summed E-state index contributed by atoms with van der Waals surface area (Å²) in [5, 5.41) is 5.29. The van der Waals surface area contributed by atoms with Crippen LogP contribution in [-0.4, -0.2) is 42.0 Å². The number of hydrogen-bond donors (Lipinski definition) is 2. The number of piperidine rings is 1. The zero-order valence-corrected chi connectivity index (χ0v) is 12.9. The number of rotatable bonds is 3. The van der Waals surface area contributed by atoms with E-state index >= 15 is 0 Å². The molecule has 3 rings (SSSR count). The lowest BCUT2D eigenvalue weighted by molar-refractivity contribution is -0.126. The lowest BCUT2D eigenvalue weighted by atomic mass is 9.75. The fraction of sp³-hybridized carbons (Fsp3) is 0.875. The van der Waals surface area contributed by atoms with Crippen LogP contribution < -0.4 is 10.6 Å². The van der Waals surface area contributed by atoms with E-state index in [-0.39, 0.29) is 24.0 Å². The van der Waals surface area contributed by atoms with Crippen LogP contribution in [0.3, 0.4) is 0 Å². The fourth-order valence-corrected chi connectivity index (χ4v) is 3.81. The van der Waals surface area contributed by atoms with Crippen LogP contribution in [-0.2, 0) is 4.79 Å². The summed E-state index contributed by atoms with van der Waals surface area (Å²) in [5.74, 6) is 1.45. The smallest absolute Gasteiger partial charge is 0.321 e. The molecule has 3 fully saturated rings. The monoisotopic (exact) mass is 293 g/mol. The highest BCUT2D eigenvalue weighted by atomic mass is 16.2. The zero-order valence-electron chi connectivity index (χ0n) is 12.9. The number of amides is 3. The lowest BCUT2D eigenvalue weighted by Crippen LogP contribution is -2.53. The summed E-state index contributed by atoms with van der Waals surface area (Å²) in [6.45, 7) is 3.92. The van der Waals surface area contributed by atoms with Gasteiger partial charge in [-0.3, -0.25) is 15.0 Å². The highest BCUT2D eigenvalue weighted by Crippen LogP contribution is 2.36. The molecule has 1 aliphatic heterocycles. The SMILES string of the molecule is C[C@@H](C(=O)NC(=O)NC1CC1)N1CC[C@@H]2CCCC[C@@H]2C1. The summed E-state index contributed by atoms with van der Waals surface area (Å²) in [5.41, 5.74) is 0. The minimum absolute atomic E-state index is 0.164. The molecule has 1 heterocycles. The molecule has 21 heavy (non-hydrogen) atoms. The Bertz CT molecular complexity index is 408. The number of hydrogen-bond acceptors (Lipinski definition) is 3. The minimum atomic E-state index is -0.332. The van der Waals surface area contributed by atoms with Crippen LogP contribution in [0.1, 0.15) is 51.9 Å². The van der Waals surface area contributed by atoms with Crippen molar-refractivity contribution in [2.24, 2.45) is 11.8 Å². The maximum absolute atomic E-state index is 12.2. The van der Waals surface area contributed by atoms with Gasteiger partial charge >= 0.3 is 6.03 Å². The molecule has 5 heteroatoms. The Balaban J connectivity index is 1.48. The maximum atomic E-state index is 12.2. The van der Waals surface area contributed by atoms with Gasteiger partial charge in [-0.15, -0.1) is 0 Å². The van der Waals surface area contributed by atoms with Crippen molar-refractivity contribution >= 4 is 11.9 Å². The van der Waals surface area contributed by atoms with Gasteiger partial charge in [0.05, 0.1) is 6.04 Å². The highest BCUT2D eigenvalue weighted by Gasteiger charge is 2.35. The van der Waals surface area contributed by atoms with Crippen molar-refractivity contribution in [3.63, 3.8) is 0 Å². The molecule has 3 atom stereocenters. The van der Waals surface area contributed by atoms with Gasteiger partial charge < -0.3 is 5.32 Å². The molecule has 0 unspecified atom stereocenters. The number of carbonyl (C=O) groups excluding carboxylic acids is 2. The third-order valence-electron chi connectivity index (χ3n) is 5.40. The van der Waals surface area contributed by atoms with Gasteiger partial charge in [-0.1, -0.05) is 19.3 Å². The van der Waals surface area contributed by atoms with Crippen LogP contribution in [0.15, 0.2) is 0 Å². The molecule has 0 spiro atoms. The first kappa shape index (κ1) is 14.8. The fourth-order valence-electron chi connectivity index (χ4n) is 3.81. The zero-order chi connectivity index (χ0) is 14.8. The van der Waals surface area contributed by atoms with Gasteiger partial charge in [0.2, 0.25) is 5.91 Å². The number of carbonyl (C=O) groups is 2. The van der Waals surface area contributed by atoms with E-state index in [0.29, 0.717) is 0 Å². The summed E-state index contributed by atoms with van der Waals surface area (Å²) in [4.78, 5) is 26.1. The van der Waals surface area contributed by atoms with E-state index in [2.05, 4.69) is 15.5 Å². The van der Waals surface area contributed by atoms with Crippen molar-refractivity contribution < 1.29 is 9.59 Å². The van der Waals surface area contributed by atoms with Gasteiger partial charge in [0, 0.05) is 12.6 Å². The molecule has 0 radical (unpaired) electrons. The normalized spacial score (nSPS) is 31.1. The van der Waals surface area contributed by atoms with Crippen LogP contribution in [0.5, 0.6) is 0 Å². The summed E-state index contributed by atoms with van der Waals surface area (Å²) < 4.78 is 0. The first-order valence-corrected chi connectivity index (χ1v) is 8.49. The van der Waals surface area contributed by atoms with Gasteiger partial charge in [-0.2, -0.15) is 0 Å². The quantitative estimate of drug-likeness (QED) is 0.835. The molecule has 118 valence electrons. The van der Waals surface area contributed by atoms with E-state index in [9.17, 15) is 9.59 Å². The Morgan fingerprint density at radius 1 is 1.05 bits per heavy atom. The van der Waals surface area contributed by atoms with Crippen molar-refractivity contribution in [1.82, 2.24) is 15.5 Å². The molecule has 1 saturated heterocycles. The Kier molecular flexibility index (Phi) is 4.48. The molecule has 2 N–H and O–H groups in total. The van der Waals surface area contributed by atoms with Crippen LogP contribution in [0.25, 0.3) is 0 Å². The molecule has 5 nitrogen and oxygen atoms in total. The van der Waals surface area contributed by atoms with Crippen molar-refractivity contribution in [2.75, 3.05) is 13.1 Å². The first-order valence-electron chi connectivity index (χ1n) is 8.49. The molecule has 0 aromatic rings. The van der Waals surface area contributed by atoms with Crippen molar-refractivity contribution in [3.8, 4) is 0 Å². The third-order valence-corrected chi connectivity index (χ3v) is 5.40. The van der Waals surface area contributed by atoms with Gasteiger partial charge in [0.1, 0.15) is 0 Å². The van der Waals surface area contributed by atoms with Gasteiger partial charge in [-0.25, -0.2) is 4.79 Å². The van der Waals surface area contributed by atoms with Gasteiger partial charge in [0.15, 0.2) is 0 Å². The number of nitrogens with zero attached hydrogens (tertiary/aromatic N) is 1. The molecular weight excluding hydrogens is 266 g/mol. The predicted octanol–water partition coefficient (Wildman–Crippen LogP) is 1.88. The van der Waals surface area contributed by atoms with Crippen molar-refractivity contribution in [1.29, 1.82) is 0 Å². The van der Waals surface area contributed by atoms with E-state index < -0.39 is 0 Å². The number of nitrogens with one attached hydrogen (secondary N) is 2. The number of imide groups is 1. The standard InChI is InChI=1S/C16H27N3O2/c1-11(15(20)18-16(21)17-14-6-7-14)19-9-8-12-4-2-3-5-13(12)10-19/h11-14H,2-10H2,1H3,(H2,17,18,20,21)/t11-,12-,13+/m0/s1. The summed E-state index contributed by atoms with van der Waals surface area (Å²) in [7, 11) is 0. The van der Waals surface area contributed by atoms with E-state index in [1.54, 1.807) is 0 Å². The number of fused-ring (bicyclic) bond motifs is 1. The molecule has 2 saturated carbocycles. The largest absolute Gasteiger partial charge is 0.335 e. The lowest BCUT2D eigenvalue weighted by Gasteiger charge is -2.43. The topological polar surface area (TPSA) is 61.4 Å².